The lowest BCUT2D eigenvalue weighted by atomic mass is 10.0. The summed E-state index contributed by atoms with van der Waals surface area (Å²) in [5, 5.41) is 5.12. The van der Waals surface area contributed by atoms with Crippen molar-refractivity contribution in [1.82, 2.24) is 24.8 Å². The number of benzene rings is 1. The molecule has 35 heavy (non-hydrogen) atoms. The molecule has 0 saturated carbocycles. The number of amides is 1. The molecule has 9 heteroatoms. The number of hydrogen-bond donors (Lipinski definition) is 2. The number of carbonyl (C=O) groups is 1. The van der Waals surface area contributed by atoms with Crippen molar-refractivity contribution >= 4 is 34.5 Å². The van der Waals surface area contributed by atoms with Gasteiger partial charge in [0.1, 0.15) is 5.60 Å². The second kappa shape index (κ2) is 9.66. The molecule has 0 bridgehead atoms. The third-order valence-electron chi connectivity index (χ3n) is 6.71. The van der Waals surface area contributed by atoms with Crippen LogP contribution in [-0.4, -0.2) is 74.7 Å². The van der Waals surface area contributed by atoms with E-state index in [-0.39, 0.29) is 12.1 Å². The van der Waals surface area contributed by atoms with E-state index in [1.807, 2.05) is 50.1 Å². The number of para-hydroxylation sites is 1. The van der Waals surface area contributed by atoms with Gasteiger partial charge >= 0.3 is 6.09 Å². The van der Waals surface area contributed by atoms with E-state index in [0.29, 0.717) is 23.6 Å². The minimum atomic E-state index is -0.475. The first-order valence-corrected chi connectivity index (χ1v) is 12.7. The fraction of sp³-hybridized carbons (Fsp3) is 0.500. The molecule has 2 saturated heterocycles. The van der Waals surface area contributed by atoms with Crippen LogP contribution in [0.25, 0.3) is 22.2 Å². The Morgan fingerprint density at radius 3 is 2.86 bits per heavy atom. The lowest BCUT2D eigenvalue weighted by molar-refractivity contribution is 0.0123. The molecule has 0 aliphatic carbocycles. The van der Waals surface area contributed by atoms with E-state index < -0.39 is 5.60 Å². The van der Waals surface area contributed by atoms with Crippen LogP contribution in [-0.2, 0) is 4.74 Å². The molecule has 4 heterocycles. The van der Waals surface area contributed by atoms with E-state index in [1.54, 1.807) is 6.20 Å². The van der Waals surface area contributed by atoms with Gasteiger partial charge in [0.25, 0.3) is 0 Å². The highest BCUT2D eigenvalue weighted by molar-refractivity contribution is 6.33. The van der Waals surface area contributed by atoms with Gasteiger partial charge in [0, 0.05) is 60.9 Å². The summed E-state index contributed by atoms with van der Waals surface area (Å²) in [6.07, 6.45) is 6.48. The number of rotatable bonds is 4. The van der Waals surface area contributed by atoms with Crippen molar-refractivity contribution in [2.24, 2.45) is 0 Å². The van der Waals surface area contributed by atoms with Crippen molar-refractivity contribution in [3.63, 3.8) is 0 Å². The Morgan fingerprint density at radius 2 is 2.03 bits per heavy atom. The van der Waals surface area contributed by atoms with E-state index in [2.05, 4.69) is 26.3 Å². The lowest BCUT2D eigenvalue weighted by Gasteiger charge is -2.38. The van der Waals surface area contributed by atoms with Crippen LogP contribution in [0.4, 0.5) is 10.7 Å². The number of nitrogens with zero attached hydrogens (tertiary/aromatic N) is 4. The van der Waals surface area contributed by atoms with Crippen LogP contribution in [0.15, 0.2) is 36.7 Å². The molecular formula is C26H33ClN6O2. The molecule has 2 N–H and O–H groups in total. The molecule has 2 aromatic heterocycles. The van der Waals surface area contributed by atoms with Crippen molar-refractivity contribution in [2.75, 3.05) is 31.5 Å². The molecule has 0 radical (unpaired) electrons. The molecule has 2 aliphatic rings. The Balaban J connectivity index is 1.23. The van der Waals surface area contributed by atoms with Crippen LogP contribution in [0.3, 0.4) is 0 Å². The van der Waals surface area contributed by atoms with E-state index >= 15 is 0 Å². The van der Waals surface area contributed by atoms with Crippen molar-refractivity contribution in [3.8, 4) is 11.3 Å². The predicted molar refractivity (Wildman–Crippen MR) is 139 cm³/mol. The summed E-state index contributed by atoms with van der Waals surface area (Å²) in [6, 6.07) is 8.69. The summed E-state index contributed by atoms with van der Waals surface area (Å²) in [5.74, 6) is 0.584. The highest BCUT2D eigenvalue weighted by atomic mass is 35.5. The topological polar surface area (TPSA) is 86.4 Å². The number of anilines is 1. The van der Waals surface area contributed by atoms with Gasteiger partial charge in [-0.25, -0.2) is 14.8 Å². The summed E-state index contributed by atoms with van der Waals surface area (Å²) >= 11 is 6.49. The van der Waals surface area contributed by atoms with Crippen LogP contribution < -0.4 is 5.32 Å². The monoisotopic (exact) mass is 496 g/mol. The normalized spacial score (nSPS) is 21.4. The van der Waals surface area contributed by atoms with Crippen molar-refractivity contribution < 1.29 is 9.53 Å². The fourth-order valence-electron chi connectivity index (χ4n) is 5.06. The molecule has 2 aliphatic heterocycles. The maximum Gasteiger partial charge on any atom is 0.410 e. The van der Waals surface area contributed by atoms with Crippen LogP contribution >= 0.6 is 11.6 Å². The maximum absolute atomic E-state index is 12.6. The molecule has 1 aromatic carbocycles. The second-order valence-corrected chi connectivity index (χ2v) is 10.9. The molecular weight excluding hydrogens is 464 g/mol. The third-order valence-corrected chi connectivity index (χ3v) is 6.98. The number of ether oxygens (including phenoxy) is 1. The van der Waals surface area contributed by atoms with Crippen LogP contribution in [0.1, 0.15) is 40.0 Å². The Labute approximate surface area is 211 Å². The van der Waals surface area contributed by atoms with Gasteiger partial charge in [0.2, 0.25) is 5.95 Å². The average Bonchev–Trinajstić information content (AvgIpc) is 3.47. The summed E-state index contributed by atoms with van der Waals surface area (Å²) in [7, 11) is 0. The lowest BCUT2D eigenvalue weighted by Crippen LogP contribution is -2.50. The highest BCUT2D eigenvalue weighted by Crippen LogP contribution is 2.32. The number of halogens is 1. The Bertz CT molecular complexity index is 1210. The number of H-pyrrole nitrogens is 1. The first kappa shape index (κ1) is 23.9. The van der Waals surface area contributed by atoms with Crippen molar-refractivity contribution in [3.05, 3.63) is 41.7 Å². The average molecular weight is 497 g/mol. The van der Waals surface area contributed by atoms with Gasteiger partial charge in [0.05, 0.1) is 16.9 Å². The molecule has 8 nitrogen and oxygen atoms in total. The number of nitrogens with one attached hydrogen (secondary N) is 2. The Hall–Kier alpha value is -2.84. The number of aromatic nitrogens is 3. The summed E-state index contributed by atoms with van der Waals surface area (Å²) in [5.41, 5.74) is 2.26. The zero-order valence-corrected chi connectivity index (χ0v) is 21.3. The van der Waals surface area contributed by atoms with Crippen LogP contribution in [0.5, 0.6) is 0 Å². The number of piperidine rings is 1. The minimum Gasteiger partial charge on any atom is -0.444 e. The highest BCUT2D eigenvalue weighted by Gasteiger charge is 2.34. The maximum atomic E-state index is 12.6. The molecule has 3 aromatic rings. The number of fused-ring (bicyclic) bond motifs is 1. The zero-order valence-electron chi connectivity index (χ0n) is 20.6. The van der Waals surface area contributed by atoms with Crippen LogP contribution in [0, 0.1) is 0 Å². The van der Waals surface area contributed by atoms with E-state index in [9.17, 15) is 4.79 Å². The Morgan fingerprint density at radius 1 is 1.20 bits per heavy atom. The quantitative estimate of drug-likeness (QED) is 0.518. The van der Waals surface area contributed by atoms with Gasteiger partial charge in [-0.1, -0.05) is 29.8 Å². The predicted octanol–water partition coefficient (Wildman–Crippen LogP) is 5.16. The number of carbonyl (C=O) groups excluding carboxylic acids is 1. The SMILES string of the molecule is CC(C)(C)OC(=O)N1CCCC(N2CC[C@@H](Nc3ncc(Cl)c(-c4c[nH]c5ccccc45)n3)C2)C1. The first-order chi connectivity index (χ1) is 16.8. The fourth-order valence-corrected chi connectivity index (χ4v) is 5.25. The zero-order chi connectivity index (χ0) is 24.6. The number of hydrogen-bond acceptors (Lipinski definition) is 6. The van der Waals surface area contributed by atoms with Gasteiger partial charge in [-0.05, 0) is 46.1 Å². The van der Waals surface area contributed by atoms with E-state index in [1.165, 1.54) is 0 Å². The van der Waals surface area contributed by atoms with Gasteiger partial charge in [-0.15, -0.1) is 0 Å². The largest absolute Gasteiger partial charge is 0.444 e. The smallest absolute Gasteiger partial charge is 0.410 e. The van der Waals surface area contributed by atoms with Gasteiger partial charge in [-0.2, -0.15) is 0 Å². The van der Waals surface area contributed by atoms with Crippen LogP contribution in [0.2, 0.25) is 5.02 Å². The standard InChI is InChI=1S/C26H33ClN6O2/c1-26(2,3)35-25(34)33-11-6-7-18(16-33)32-12-10-17(15-32)30-24-29-14-21(27)23(31-24)20-13-28-22-9-5-4-8-19(20)22/h4-5,8-9,13-14,17-18,28H,6-7,10-12,15-16H2,1-3H3,(H,29,30,31)/t17-,18?/m1/s1. The molecule has 186 valence electrons. The van der Waals surface area contributed by atoms with Gasteiger partial charge < -0.3 is 19.9 Å². The summed E-state index contributed by atoms with van der Waals surface area (Å²) < 4.78 is 5.59. The van der Waals surface area contributed by atoms with Gasteiger partial charge in [-0.3, -0.25) is 4.90 Å². The van der Waals surface area contributed by atoms with Crippen molar-refractivity contribution in [1.29, 1.82) is 0 Å². The molecule has 2 atom stereocenters. The molecule has 2 fully saturated rings. The molecule has 0 spiro atoms. The van der Waals surface area contributed by atoms with E-state index in [0.717, 1.165) is 61.1 Å². The number of aromatic amines is 1. The first-order valence-electron chi connectivity index (χ1n) is 12.3. The number of likely N-dealkylation sites (tertiary alicyclic amines) is 2. The summed E-state index contributed by atoms with van der Waals surface area (Å²) in [4.78, 5) is 29.4. The van der Waals surface area contributed by atoms with E-state index in [4.69, 9.17) is 21.3 Å². The third kappa shape index (κ3) is 5.38. The minimum absolute atomic E-state index is 0.213. The van der Waals surface area contributed by atoms with Gasteiger partial charge in [0.15, 0.2) is 0 Å². The van der Waals surface area contributed by atoms with Crippen molar-refractivity contribution in [2.45, 2.75) is 57.7 Å². The second-order valence-electron chi connectivity index (χ2n) is 10.5. The molecule has 1 unspecified atom stereocenters. The molecule has 5 rings (SSSR count). The molecule has 1 amide bonds. The summed E-state index contributed by atoms with van der Waals surface area (Å²) in [6.45, 7) is 9.07. The Kier molecular flexibility index (Phi) is 6.59.